The predicted molar refractivity (Wildman–Crippen MR) is 193 cm³/mol. The summed E-state index contributed by atoms with van der Waals surface area (Å²) in [7, 11) is 0. The van der Waals surface area contributed by atoms with Crippen molar-refractivity contribution in [2.45, 2.75) is 93.6 Å². The Labute approximate surface area is 283 Å². The second-order valence-electron chi connectivity index (χ2n) is 12.4. The van der Waals surface area contributed by atoms with Gasteiger partial charge < -0.3 is 4.98 Å². The summed E-state index contributed by atoms with van der Waals surface area (Å²) in [6.07, 6.45) is 0. The maximum absolute atomic E-state index is 12.7. The zero-order valence-corrected chi connectivity index (χ0v) is 29.7. The van der Waals surface area contributed by atoms with Gasteiger partial charge in [0.15, 0.2) is 0 Å². The molecular weight excluding hydrogens is 629 g/mol. The van der Waals surface area contributed by atoms with Gasteiger partial charge >= 0.3 is 11.4 Å². The monoisotopic (exact) mass is 670 g/mol. The van der Waals surface area contributed by atoms with Crippen LogP contribution in [-0.4, -0.2) is 19.5 Å². The van der Waals surface area contributed by atoms with Gasteiger partial charge in [-0.15, -0.1) is 0 Å². The van der Waals surface area contributed by atoms with Crippen LogP contribution in [0.25, 0.3) is 0 Å². The van der Waals surface area contributed by atoms with Gasteiger partial charge in [-0.25, -0.2) is 9.59 Å². The van der Waals surface area contributed by atoms with Gasteiger partial charge in [-0.2, -0.15) is 0 Å². The first-order chi connectivity index (χ1) is 22.2. The molecule has 5 aromatic rings. The highest BCUT2D eigenvalue weighted by atomic mass is 32.2. The standard InChI is InChI=1S/C22H24N2O2S.C15H18N2O2S/c1-14(2)19-20(25)23-22(26)24(13-17-8-6-5-7-9-17)21(19)27-18-11-15(3)10-16(4)12-18;1-8(2)12-13(18)16-15(19)17-14(12)20-11-6-9(3)5-10(4)7-11/h5-12,14H,13H2,1-4H3,(H,23,25,26);5-8H,1-4H3,(H2,16,17,18,19). The largest absolute Gasteiger partial charge is 0.329 e. The van der Waals surface area contributed by atoms with Crippen molar-refractivity contribution in [1.29, 1.82) is 0 Å². The average Bonchev–Trinajstić information content (AvgIpc) is 2.94. The Morgan fingerprint density at radius 1 is 0.617 bits per heavy atom. The van der Waals surface area contributed by atoms with Crippen molar-refractivity contribution in [3.63, 3.8) is 0 Å². The molecule has 0 saturated heterocycles. The molecule has 5 rings (SSSR count). The van der Waals surface area contributed by atoms with Crippen molar-refractivity contribution in [3.05, 3.63) is 147 Å². The summed E-state index contributed by atoms with van der Waals surface area (Å²) in [4.78, 5) is 58.2. The van der Waals surface area contributed by atoms with Crippen molar-refractivity contribution >= 4 is 23.5 Å². The summed E-state index contributed by atoms with van der Waals surface area (Å²) in [5.74, 6) is 0.0498. The van der Waals surface area contributed by atoms with Gasteiger partial charge in [-0.3, -0.25) is 24.1 Å². The fourth-order valence-electron chi connectivity index (χ4n) is 5.39. The molecule has 0 unspecified atom stereocenters. The first kappa shape index (κ1) is 35.6. The summed E-state index contributed by atoms with van der Waals surface area (Å²) in [6.45, 7) is 16.4. The lowest BCUT2D eigenvalue weighted by atomic mass is 10.1. The zero-order valence-electron chi connectivity index (χ0n) is 28.1. The number of benzene rings is 3. The van der Waals surface area contributed by atoms with Crippen molar-refractivity contribution in [2.24, 2.45) is 0 Å². The molecule has 0 aliphatic rings. The van der Waals surface area contributed by atoms with Crippen molar-refractivity contribution in [1.82, 2.24) is 19.5 Å². The first-order valence-corrected chi connectivity index (χ1v) is 17.1. The van der Waals surface area contributed by atoms with Gasteiger partial charge in [-0.1, -0.05) is 93.7 Å². The molecule has 8 nitrogen and oxygen atoms in total. The van der Waals surface area contributed by atoms with Crippen LogP contribution < -0.4 is 22.5 Å². The third-order valence-corrected chi connectivity index (χ3v) is 9.39. The van der Waals surface area contributed by atoms with E-state index in [-0.39, 0.29) is 28.6 Å². The summed E-state index contributed by atoms with van der Waals surface area (Å²) in [5, 5.41) is 1.34. The van der Waals surface area contributed by atoms with Crippen LogP contribution in [0, 0.1) is 27.7 Å². The van der Waals surface area contributed by atoms with Gasteiger partial charge in [-0.05, 0) is 91.6 Å². The maximum atomic E-state index is 12.7. The molecular formula is C37H42N4O4S2. The lowest BCUT2D eigenvalue weighted by Crippen LogP contribution is -2.34. The third kappa shape index (κ3) is 9.39. The summed E-state index contributed by atoms with van der Waals surface area (Å²) < 4.78 is 1.67. The van der Waals surface area contributed by atoms with Crippen molar-refractivity contribution in [2.75, 3.05) is 0 Å². The lowest BCUT2D eigenvalue weighted by molar-refractivity contribution is 0.617. The third-order valence-electron chi connectivity index (χ3n) is 7.29. The second-order valence-corrected chi connectivity index (χ2v) is 14.5. The van der Waals surface area contributed by atoms with E-state index in [1.54, 1.807) is 4.57 Å². The van der Waals surface area contributed by atoms with Gasteiger partial charge in [0.2, 0.25) is 0 Å². The van der Waals surface area contributed by atoms with E-state index in [1.165, 1.54) is 23.5 Å². The van der Waals surface area contributed by atoms with E-state index in [4.69, 9.17) is 0 Å². The molecule has 3 aromatic carbocycles. The van der Waals surface area contributed by atoms with Gasteiger partial charge in [0, 0.05) is 9.79 Å². The fraction of sp³-hybridized carbons (Fsp3) is 0.297. The van der Waals surface area contributed by atoms with Crippen LogP contribution in [-0.2, 0) is 6.54 Å². The molecule has 3 N–H and O–H groups in total. The molecule has 0 aliphatic heterocycles. The Bertz CT molecular complexity index is 2070. The normalized spacial score (nSPS) is 11.1. The average molecular weight is 671 g/mol. The Kier molecular flexibility index (Phi) is 11.8. The Morgan fingerprint density at radius 2 is 1.11 bits per heavy atom. The van der Waals surface area contributed by atoms with Gasteiger partial charge in [0.1, 0.15) is 0 Å². The van der Waals surface area contributed by atoms with E-state index in [0.29, 0.717) is 27.7 Å². The molecule has 0 radical (unpaired) electrons. The molecule has 0 spiro atoms. The minimum atomic E-state index is -0.466. The number of aryl methyl sites for hydroxylation is 4. The molecule has 2 aromatic heterocycles. The SMILES string of the molecule is Cc1cc(C)cc(Sc2[nH]c(=O)[nH]c(=O)c2C(C)C)c1.Cc1cc(C)cc(Sc2c(C(C)C)c(=O)[nH]c(=O)n2Cc2ccccc2)c1. The molecule has 0 amide bonds. The van der Waals surface area contributed by atoms with E-state index in [0.717, 1.165) is 37.6 Å². The Hall–Kier alpha value is -4.28. The van der Waals surface area contributed by atoms with E-state index >= 15 is 0 Å². The van der Waals surface area contributed by atoms with E-state index in [1.807, 2.05) is 84.0 Å². The molecule has 246 valence electrons. The fourth-order valence-corrected chi connectivity index (χ4v) is 8.11. The molecule has 10 heteroatoms. The number of nitrogens with zero attached hydrogens (tertiary/aromatic N) is 1. The topological polar surface area (TPSA) is 121 Å². The number of aromatic nitrogens is 4. The summed E-state index contributed by atoms with van der Waals surface area (Å²) in [5.41, 5.74) is 5.47. The smallest absolute Gasteiger partial charge is 0.301 e. The molecule has 0 atom stereocenters. The van der Waals surface area contributed by atoms with Crippen LogP contribution in [0.5, 0.6) is 0 Å². The maximum Gasteiger partial charge on any atom is 0.329 e. The van der Waals surface area contributed by atoms with E-state index in [2.05, 4.69) is 53.1 Å². The van der Waals surface area contributed by atoms with Crippen molar-refractivity contribution < 1.29 is 0 Å². The van der Waals surface area contributed by atoms with Gasteiger partial charge in [0.05, 0.1) is 27.7 Å². The minimum Gasteiger partial charge on any atom is -0.301 e. The number of rotatable bonds is 8. The quantitative estimate of drug-likeness (QED) is 0.148. The van der Waals surface area contributed by atoms with Crippen LogP contribution in [0.3, 0.4) is 0 Å². The Balaban J connectivity index is 0.000000223. The zero-order chi connectivity index (χ0) is 34.4. The predicted octanol–water partition coefficient (Wildman–Crippen LogP) is 7.43. The van der Waals surface area contributed by atoms with Crippen molar-refractivity contribution in [3.8, 4) is 0 Å². The molecule has 0 aliphatic carbocycles. The number of nitrogens with one attached hydrogen (secondary N) is 3. The number of hydrogen-bond acceptors (Lipinski definition) is 6. The van der Waals surface area contributed by atoms with Gasteiger partial charge in [0.25, 0.3) is 11.1 Å². The minimum absolute atomic E-state index is 0.00443. The highest BCUT2D eigenvalue weighted by Gasteiger charge is 2.19. The number of H-pyrrole nitrogens is 3. The Morgan fingerprint density at radius 3 is 1.62 bits per heavy atom. The van der Waals surface area contributed by atoms with E-state index in [9.17, 15) is 19.2 Å². The van der Waals surface area contributed by atoms with Crippen LogP contribution in [0.15, 0.2) is 106 Å². The van der Waals surface area contributed by atoms with Crippen LogP contribution in [0.2, 0.25) is 0 Å². The molecule has 0 bridgehead atoms. The highest BCUT2D eigenvalue weighted by Crippen LogP contribution is 2.33. The molecule has 2 heterocycles. The molecule has 47 heavy (non-hydrogen) atoms. The lowest BCUT2D eigenvalue weighted by Gasteiger charge is -2.18. The summed E-state index contributed by atoms with van der Waals surface area (Å²) in [6, 6.07) is 22.3. The molecule has 0 saturated carbocycles. The van der Waals surface area contributed by atoms with E-state index < -0.39 is 5.69 Å². The number of hydrogen-bond donors (Lipinski definition) is 3. The second kappa shape index (κ2) is 15.5. The molecule has 0 fully saturated rings. The summed E-state index contributed by atoms with van der Waals surface area (Å²) >= 11 is 2.91. The highest BCUT2D eigenvalue weighted by molar-refractivity contribution is 7.99. The first-order valence-electron chi connectivity index (χ1n) is 15.5. The van der Waals surface area contributed by atoms with Crippen LogP contribution >= 0.6 is 23.5 Å². The number of aromatic amines is 3. The van der Waals surface area contributed by atoms with Crippen LogP contribution in [0.1, 0.15) is 78.5 Å². The van der Waals surface area contributed by atoms with Crippen LogP contribution in [0.4, 0.5) is 0 Å².